The van der Waals surface area contributed by atoms with Crippen LogP contribution in [-0.4, -0.2) is 48.3 Å². The van der Waals surface area contributed by atoms with Crippen LogP contribution in [0.2, 0.25) is 0 Å². The van der Waals surface area contributed by atoms with Gasteiger partial charge < -0.3 is 9.88 Å². The Labute approximate surface area is 123 Å². The standard InChI is InChI=1S/C15H18N2O3S/c1-2-17(13-6-8-21(19,20)10-13)15(18)12-4-3-11-5-7-16-14(11)9-12/h3-5,7,9,13,16H,2,6,8,10H2,1H3. The molecule has 1 aromatic carbocycles. The Kier molecular flexibility index (Phi) is 3.49. The molecule has 3 rings (SSSR count). The Morgan fingerprint density at radius 1 is 1.38 bits per heavy atom. The minimum atomic E-state index is -2.99. The number of hydrogen-bond donors (Lipinski definition) is 1. The van der Waals surface area contributed by atoms with Gasteiger partial charge in [0.15, 0.2) is 9.84 Å². The fourth-order valence-electron chi connectivity index (χ4n) is 2.94. The lowest BCUT2D eigenvalue weighted by atomic mass is 10.1. The summed E-state index contributed by atoms with van der Waals surface area (Å²) < 4.78 is 23.2. The summed E-state index contributed by atoms with van der Waals surface area (Å²) in [5.41, 5.74) is 1.51. The number of H-pyrrole nitrogens is 1. The van der Waals surface area contributed by atoms with E-state index in [4.69, 9.17) is 0 Å². The maximum Gasteiger partial charge on any atom is 0.254 e. The van der Waals surface area contributed by atoms with Crippen molar-refractivity contribution in [1.29, 1.82) is 0 Å². The van der Waals surface area contributed by atoms with Crippen LogP contribution in [0.4, 0.5) is 0 Å². The van der Waals surface area contributed by atoms with Crippen molar-refractivity contribution in [2.24, 2.45) is 0 Å². The largest absolute Gasteiger partial charge is 0.361 e. The molecule has 1 fully saturated rings. The van der Waals surface area contributed by atoms with Crippen molar-refractivity contribution in [2.45, 2.75) is 19.4 Å². The molecule has 5 nitrogen and oxygen atoms in total. The Balaban J connectivity index is 1.88. The molecular weight excluding hydrogens is 288 g/mol. The fourth-order valence-corrected chi connectivity index (χ4v) is 4.67. The van der Waals surface area contributed by atoms with Gasteiger partial charge in [-0.05, 0) is 36.9 Å². The van der Waals surface area contributed by atoms with Crippen LogP contribution < -0.4 is 0 Å². The zero-order valence-electron chi connectivity index (χ0n) is 11.9. The number of carbonyl (C=O) groups is 1. The lowest BCUT2D eigenvalue weighted by Gasteiger charge is -2.27. The molecule has 21 heavy (non-hydrogen) atoms. The Bertz CT molecular complexity index is 779. The van der Waals surface area contributed by atoms with E-state index < -0.39 is 9.84 Å². The molecular formula is C15H18N2O3S. The summed E-state index contributed by atoms with van der Waals surface area (Å²) in [5, 5.41) is 1.05. The van der Waals surface area contributed by atoms with Gasteiger partial charge in [-0.1, -0.05) is 6.07 Å². The molecule has 2 heterocycles. The van der Waals surface area contributed by atoms with Gasteiger partial charge in [-0.15, -0.1) is 0 Å². The number of amides is 1. The van der Waals surface area contributed by atoms with Crippen LogP contribution in [0.15, 0.2) is 30.5 Å². The van der Waals surface area contributed by atoms with E-state index in [2.05, 4.69) is 4.98 Å². The molecule has 1 aromatic heterocycles. The van der Waals surface area contributed by atoms with Crippen molar-refractivity contribution in [3.05, 3.63) is 36.0 Å². The predicted octanol–water partition coefficient (Wildman–Crippen LogP) is 1.82. The number of aromatic amines is 1. The minimum absolute atomic E-state index is 0.0807. The number of aromatic nitrogens is 1. The van der Waals surface area contributed by atoms with E-state index in [0.717, 1.165) is 10.9 Å². The van der Waals surface area contributed by atoms with Crippen LogP contribution in [0, 0.1) is 0 Å². The van der Waals surface area contributed by atoms with Gasteiger partial charge in [-0.3, -0.25) is 4.79 Å². The Morgan fingerprint density at radius 2 is 2.19 bits per heavy atom. The highest BCUT2D eigenvalue weighted by molar-refractivity contribution is 7.91. The average Bonchev–Trinajstić information content (AvgIpc) is 3.05. The summed E-state index contributed by atoms with van der Waals surface area (Å²) in [6, 6.07) is 7.27. The van der Waals surface area contributed by atoms with Gasteiger partial charge in [0.1, 0.15) is 0 Å². The van der Waals surface area contributed by atoms with Crippen LogP contribution in [0.1, 0.15) is 23.7 Å². The van der Waals surface area contributed by atoms with Crippen LogP contribution >= 0.6 is 0 Å². The van der Waals surface area contributed by atoms with Crippen LogP contribution in [-0.2, 0) is 9.84 Å². The first-order valence-electron chi connectivity index (χ1n) is 7.09. The lowest BCUT2D eigenvalue weighted by Crippen LogP contribution is -2.40. The fraction of sp³-hybridized carbons (Fsp3) is 0.400. The zero-order chi connectivity index (χ0) is 15.0. The van der Waals surface area contributed by atoms with Crippen LogP contribution in [0.5, 0.6) is 0 Å². The molecule has 1 aliphatic rings. The molecule has 1 aliphatic heterocycles. The number of rotatable bonds is 3. The molecule has 2 aromatic rings. The van der Waals surface area contributed by atoms with Crippen molar-refractivity contribution in [1.82, 2.24) is 9.88 Å². The summed E-state index contributed by atoms with van der Waals surface area (Å²) in [6.45, 7) is 2.40. The average molecular weight is 306 g/mol. The Morgan fingerprint density at radius 3 is 2.86 bits per heavy atom. The normalized spacial score (nSPS) is 20.7. The van der Waals surface area contributed by atoms with Gasteiger partial charge in [-0.25, -0.2) is 8.42 Å². The number of nitrogens with one attached hydrogen (secondary N) is 1. The second kappa shape index (κ2) is 5.18. The number of sulfone groups is 1. The molecule has 1 N–H and O–H groups in total. The highest BCUT2D eigenvalue weighted by atomic mass is 32.2. The zero-order valence-corrected chi connectivity index (χ0v) is 12.7. The quantitative estimate of drug-likeness (QED) is 0.940. The van der Waals surface area contributed by atoms with E-state index in [9.17, 15) is 13.2 Å². The third-order valence-corrected chi connectivity index (χ3v) is 5.80. The Hall–Kier alpha value is -1.82. The number of benzene rings is 1. The molecule has 1 saturated heterocycles. The van der Waals surface area contributed by atoms with Gasteiger partial charge >= 0.3 is 0 Å². The molecule has 0 bridgehead atoms. The topological polar surface area (TPSA) is 70.2 Å². The summed E-state index contributed by atoms with van der Waals surface area (Å²) in [5.74, 6) is 0.158. The molecule has 1 atom stereocenters. The van der Waals surface area contributed by atoms with E-state index in [1.54, 1.807) is 11.0 Å². The van der Waals surface area contributed by atoms with E-state index in [-0.39, 0.29) is 23.5 Å². The monoisotopic (exact) mass is 306 g/mol. The van der Waals surface area contributed by atoms with Gasteiger partial charge in [0, 0.05) is 29.9 Å². The van der Waals surface area contributed by atoms with Gasteiger partial charge in [-0.2, -0.15) is 0 Å². The number of fused-ring (bicyclic) bond motifs is 1. The van der Waals surface area contributed by atoms with Crippen molar-refractivity contribution in [2.75, 3.05) is 18.1 Å². The first kappa shape index (κ1) is 14.1. The van der Waals surface area contributed by atoms with E-state index >= 15 is 0 Å². The number of carbonyl (C=O) groups excluding carboxylic acids is 1. The third kappa shape index (κ3) is 2.68. The smallest absolute Gasteiger partial charge is 0.254 e. The van der Waals surface area contributed by atoms with Crippen molar-refractivity contribution in [3.8, 4) is 0 Å². The SMILES string of the molecule is CCN(C(=O)c1ccc2cc[nH]c2c1)C1CCS(=O)(=O)C1. The summed E-state index contributed by atoms with van der Waals surface area (Å²) in [6.07, 6.45) is 2.37. The molecule has 0 saturated carbocycles. The maximum absolute atomic E-state index is 12.7. The second-order valence-corrected chi connectivity index (χ2v) is 7.66. The summed E-state index contributed by atoms with van der Waals surface area (Å²) in [4.78, 5) is 17.4. The first-order valence-corrected chi connectivity index (χ1v) is 8.91. The molecule has 112 valence electrons. The van der Waals surface area contributed by atoms with Gasteiger partial charge in [0.2, 0.25) is 0 Å². The third-order valence-electron chi connectivity index (χ3n) is 4.05. The van der Waals surface area contributed by atoms with Gasteiger partial charge in [0.25, 0.3) is 5.91 Å². The summed E-state index contributed by atoms with van der Waals surface area (Å²) >= 11 is 0. The minimum Gasteiger partial charge on any atom is -0.361 e. The molecule has 0 radical (unpaired) electrons. The van der Waals surface area contributed by atoms with Crippen molar-refractivity contribution < 1.29 is 13.2 Å². The van der Waals surface area contributed by atoms with E-state index in [1.807, 2.05) is 31.3 Å². The van der Waals surface area contributed by atoms with E-state index in [1.165, 1.54) is 0 Å². The molecule has 0 aliphatic carbocycles. The first-order chi connectivity index (χ1) is 10.00. The number of nitrogens with zero attached hydrogens (tertiary/aromatic N) is 1. The predicted molar refractivity (Wildman–Crippen MR) is 82.1 cm³/mol. The maximum atomic E-state index is 12.7. The molecule has 1 unspecified atom stereocenters. The highest BCUT2D eigenvalue weighted by Gasteiger charge is 2.34. The lowest BCUT2D eigenvalue weighted by molar-refractivity contribution is 0.0708. The summed E-state index contributed by atoms with van der Waals surface area (Å²) in [7, 11) is -2.99. The molecule has 1 amide bonds. The highest BCUT2D eigenvalue weighted by Crippen LogP contribution is 2.21. The second-order valence-electron chi connectivity index (χ2n) is 5.43. The van der Waals surface area contributed by atoms with Crippen LogP contribution in [0.25, 0.3) is 10.9 Å². The van der Waals surface area contributed by atoms with Crippen molar-refractivity contribution in [3.63, 3.8) is 0 Å². The molecule has 6 heteroatoms. The number of hydrogen-bond acceptors (Lipinski definition) is 3. The van der Waals surface area contributed by atoms with Crippen molar-refractivity contribution >= 4 is 26.6 Å². The van der Waals surface area contributed by atoms with Gasteiger partial charge in [0.05, 0.1) is 11.5 Å². The van der Waals surface area contributed by atoms with E-state index in [0.29, 0.717) is 18.5 Å². The molecule has 0 spiro atoms. The van der Waals surface area contributed by atoms with Crippen LogP contribution in [0.3, 0.4) is 0 Å².